The predicted molar refractivity (Wildman–Crippen MR) is 47.2 cm³/mol. The highest BCUT2D eigenvalue weighted by atomic mass is 19.4. The van der Waals surface area contributed by atoms with Crippen molar-refractivity contribution in [1.29, 1.82) is 0 Å². The maximum atomic E-state index is 13.3. The van der Waals surface area contributed by atoms with E-state index in [4.69, 9.17) is 5.11 Å². The van der Waals surface area contributed by atoms with Crippen molar-refractivity contribution in [2.75, 3.05) is 0 Å². The Labute approximate surface area is 105 Å². The molecule has 1 aromatic heterocycles. The van der Waals surface area contributed by atoms with Crippen molar-refractivity contribution in [3.8, 4) is 5.88 Å². The molecule has 0 fully saturated rings. The van der Waals surface area contributed by atoms with E-state index in [1.54, 1.807) is 0 Å². The minimum atomic E-state index is -5.36. The number of aromatic nitrogens is 1. The summed E-state index contributed by atoms with van der Waals surface area (Å²) in [5.41, 5.74) is -3.46. The van der Waals surface area contributed by atoms with Gasteiger partial charge in [-0.3, -0.25) is 4.79 Å². The van der Waals surface area contributed by atoms with E-state index in [0.29, 0.717) is 0 Å². The number of carbonyl (C=O) groups is 1. The molecule has 0 radical (unpaired) electrons. The van der Waals surface area contributed by atoms with Gasteiger partial charge in [-0.25, -0.2) is 9.37 Å². The summed E-state index contributed by atoms with van der Waals surface area (Å²) < 4.78 is 89.6. The number of carboxylic acid groups (broad SMARTS) is 1. The van der Waals surface area contributed by atoms with Crippen LogP contribution in [-0.2, 0) is 17.4 Å². The summed E-state index contributed by atoms with van der Waals surface area (Å²) in [5.74, 6) is -5.29. The molecule has 20 heavy (non-hydrogen) atoms. The zero-order valence-corrected chi connectivity index (χ0v) is 9.14. The van der Waals surface area contributed by atoms with Crippen molar-refractivity contribution < 1.29 is 45.4 Å². The molecule has 0 aliphatic rings. The first kappa shape index (κ1) is 16.0. The number of hydrogen-bond acceptors (Lipinski definition) is 3. The van der Waals surface area contributed by atoms with Crippen LogP contribution in [-0.4, -0.2) is 22.4 Å². The Kier molecular flexibility index (Phi) is 4.10. The van der Waals surface area contributed by atoms with Gasteiger partial charge in [0.15, 0.2) is 5.69 Å². The smallest absolute Gasteiger partial charge is 0.481 e. The molecular weight excluding hydrogens is 303 g/mol. The summed E-state index contributed by atoms with van der Waals surface area (Å²) in [6.45, 7) is 0. The molecule has 1 aromatic rings. The molecule has 0 spiro atoms. The van der Waals surface area contributed by atoms with Crippen molar-refractivity contribution in [3.63, 3.8) is 0 Å². The lowest BCUT2D eigenvalue weighted by Gasteiger charge is -2.14. The Morgan fingerprint density at radius 3 is 2.20 bits per heavy atom. The third-order valence-corrected chi connectivity index (χ3v) is 1.86. The first-order valence-corrected chi connectivity index (χ1v) is 4.64. The van der Waals surface area contributed by atoms with Crippen molar-refractivity contribution in [2.24, 2.45) is 0 Å². The van der Waals surface area contributed by atoms with Crippen LogP contribution in [0.5, 0.6) is 5.88 Å². The Morgan fingerprint density at radius 2 is 1.80 bits per heavy atom. The zero-order valence-electron chi connectivity index (χ0n) is 9.14. The SMILES string of the molecule is O=C(O)Cc1c(F)cc(OC(F)(F)F)nc1C(F)(F)F. The molecule has 1 N–H and O–H groups in total. The second-order valence-corrected chi connectivity index (χ2v) is 3.39. The fourth-order valence-corrected chi connectivity index (χ4v) is 1.24. The average Bonchev–Trinajstić information content (AvgIpc) is 2.16. The van der Waals surface area contributed by atoms with Crippen LogP contribution < -0.4 is 4.74 Å². The van der Waals surface area contributed by atoms with Gasteiger partial charge in [0.2, 0.25) is 5.88 Å². The van der Waals surface area contributed by atoms with E-state index in [9.17, 15) is 35.5 Å². The predicted octanol–water partition coefficient (Wildman–Crippen LogP) is 2.77. The number of pyridine rings is 1. The average molecular weight is 307 g/mol. The van der Waals surface area contributed by atoms with Gasteiger partial charge in [-0.15, -0.1) is 13.2 Å². The van der Waals surface area contributed by atoms with Gasteiger partial charge in [-0.05, 0) is 0 Å². The lowest BCUT2D eigenvalue weighted by molar-refractivity contribution is -0.276. The van der Waals surface area contributed by atoms with Crippen LogP contribution in [0, 0.1) is 5.82 Å². The number of aliphatic carboxylic acids is 1. The van der Waals surface area contributed by atoms with E-state index in [2.05, 4.69) is 9.72 Å². The highest BCUT2D eigenvalue weighted by Crippen LogP contribution is 2.34. The van der Waals surface area contributed by atoms with E-state index < -0.39 is 47.9 Å². The normalized spacial score (nSPS) is 12.3. The monoisotopic (exact) mass is 307 g/mol. The van der Waals surface area contributed by atoms with E-state index in [-0.39, 0.29) is 6.07 Å². The first-order valence-electron chi connectivity index (χ1n) is 4.64. The van der Waals surface area contributed by atoms with Crippen LogP contribution in [0.1, 0.15) is 11.3 Å². The van der Waals surface area contributed by atoms with Gasteiger partial charge in [0.05, 0.1) is 6.42 Å². The molecule has 1 rings (SSSR count). The first-order chi connectivity index (χ1) is 8.90. The minimum absolute atomic E-state index is 0.0684. The Hall–Kier alpha value is -2.07. The maximum Gasteiger partial charge on any atom is 0.574 e. The Bertz CT molecular complexity index is 523. The van der Waals surface area contributed by atoms with Crippen LogP contribution in [0.15, 0.2) is 6.07 Å². The molecule has 0 aliphatic carbocycles. The van der Waals surface area contributed by atoms with Crippen molar-refractivity contribution >= 4 is 5.97 Å². The molecular formula is C9H4F7NO3. The highest BCUT2D eigenvalue weighted by molar-refractivity contribution is 5.70. The number of carboxylic acids is 1. The lowest BCUT2D eigenvalue weighted by Crippen LogP contribution is -2.21. The van der Waals surface area contributed by atoms with E-state index in [1.807, 2.05) is 0 Å². The Morgan fingerprint density at radius 1 is 1.25 bits per heavy atom. The number of rotatable bonds is 3. The zero-order chi connectivity index (χ0) is 15.7. The van der Waals surface area contributed by atoms with Gasteiger partial charge in [0.25, 0.3) is 0 Å². The highest BCUT2D eigenvalue weighted by Gasteiger charge is 2.40. The largest absolute Gasteiger partial charge is 0.574 e. The summed E-state index contributed by atoms with van der Waals surface area (Å²) in [6.07, 6.45) is -12.1. The molecule has 0 aliphatic heterocycles. The summed E-state index contributed by atoms with van der Waals surface area (Å²) in [5, 5.41) is 8.36. The summed E-state index contributed by atoms with van der Waals surface area (Å²) in [6, 6.07) is -0.0684. The van der Waals surface area contributed by atoms with Crippen LogP contribution in [0.3, 0.4) is 0 Å². The van der Waals surface area contributed by atoms with E-state index >= 15 is 0 Å². The van der Waals surface area contributed by atoms with Crippen molar-refractivity contribution in [3.05, 3.63) is 23.1 Å². The van der Waals surface area contributed by atoms with Gasteiger partial charge in [-0.2, -0.15) is 13.2 Å². The number of nitrogens with zero attached hydrogens (tertiary/aromatic N) is 1. The molecule has 1 heterocycles. The third kappa shape index (κ3) is 4.24. The molecule has 0 atom stereocenters. The van der Waals surface area contributed by atoms with Crippen LogP contribution in [0.25, 0.3) is 0 Å². The summed E-state index contributed by atoms with van der Waals surface area (Å²) in [4.78, 5) is 12.8. The van der Waals surface area contributed by atoms with Gasteiger partial charge < -0.3 is 9.84 Å². The maximum absolute atomic E-state index is 13.3. The molecule has 0 amide bonds. The Balaban J connectivity index is 3.37. The van der Waals surface area contributed by atoms with Gasteiger partial charge in [0, 0.05) is 11.6 Å². The second-order valence-electron chi connectivity index (χ2n) is 3.39. The van der Waals surface area contributed by atoms with Gasteiger partial charge in [-0.1, -0.05) is 0 Å². The summed E-state index contributed by atoms with van der Waals surface area (Å²) in [7, 11) is 0. The van der Waals surface area contributed by atoms with Crippen LogP contribution in [0.2, 0.25) is 0 Å². The number of alkyl halides is 6. The molecule has 4 nitrogen and oxygen atoms in total. The second kappa shape index (κ2) is 5.13. The number of halogens is 7. The molecule has 11 heteroatoms. The topological polar surface area (TPSA) is 59.4 Å². The third-order valence-electron chi connectivity index (χ3n) is 1.86. The van der Waals surface area contributed by atoms with Crippen molar-refractivity contribution in [2.45, 2.75) is 19.0 Å². The number of ether oxygens (including phenoxy) is 1. The molecule has 0 bridgehead atoms. The molecule has 0 aromatic carbocycles. The van der Waals surface area contributed by atoms with Crippen molar-refractivity contribution in [1.82, 2.24) is 4.98 Å². The quantitative estimate of drug-likeness (QED) is 0.872. The van der Waals surface area contributed by atoms with E-state index in [1.165, 1.54) is 0 Å². The van der Waals surface area contributed by atoms with Crippen LogP contribution >= 0.6 is 0 Å². The van der Waals surface area contributed by atoms with Crippen LogP contribution in [0.4, 0.5) is 30.7 Å². The lowest BCUT2D eigenvalue weighted by atomic mass is 10.1. The van der Waals surface area contributed by atoms with E-state index in [0.717, 1.165) is 0 Å². The molecule has 0 saturated carbocycles. The number of hydrogen-bond donors (Lipinski definition) is 1. The molecule has 0 saturated heterocycles. The fraction of sp³-hybridized carbons (Fsp3) is 0.333. The van der Waals surface area contributed by atoms with Gasteiger partial charge in [0.1, 0.15) is 5.82 Å². The minimum Gasteiger partial charge on any atom is -0.481 e. The fourth-order valence-electron chi connectivity index (χ4n) is 1.24. The standard InChI is InChI=1S/C9H4F7NO3/c10-4-2-5(20-9(14,15)16)17-7(8(11,12)13)3(4)1-6(18)19/h2H,1H2,(H,18,19). The summed E-state index contributed by atoms with van der Waals surface area (Å²) >= 11 is 0. The van der Waals surface area contributed by atoms with Gasteiger partial charge >= 0.3 is 18.5 Å². The molecule has 112 valence electrons. The molecule has 0 unspecified atom stereocenters.